The van der Waals surface area contributed by atoms with Crippen molar-refractivity contribution < 1.29 is 73.8 Å². The van der Waals surface area contributed by atoms with Gasteiger partial charge in [0.15, 0.2) is 0 Å². The van der Waals surface area contributed by atoms with Gasteiger partial charge in [-0.05, 0) is 106 Å². The highest BCUT2D eigenvalue weighted by atomic mass is 35.7. The van der Waals surface area contributed by atoms with Crippen LogP contribution in [0.2, 0.25) is 0 Å². The number of benzene rings is 4. The molecule has 0 saturated heterocycles. The Labute approximate surface area is 644 Å². The lowest BCUT2D eigenvalue weighted by Gasteiger charge is -2.24. The summed E-state index contributed by atoms with van der Waals surface area (Å²) in [7, 11) is -2.16. The fourth-order valence-electron chi connectivity index (χ4n) is 12.3. The number of carbonyl (C=O) groups excluding carboxylic acids is 5. The first-order valence-corrected chi connectivity index (χ1v) is 39.1. The molecule has 4 aliphatic carbocycles. The molecule has 8 aromatic rings. The Kier molecular flexibility index (Phi) is 39.3. The van der Waals surface area contributed by atoms with Crippen LogP contribution in [0.3, 0.4) is 0 Å². The highest BCUT2D eigenvalue weighted by Gasteiger charge is 2.31. The molecule has 4 amide bonds. The molecule has 0 aliphatic heterocycles. The second-order valence-electron chi connectivity index (χ2n) is 24.8. The van der Waals surface area contributed by atoms with Crippen molar-refractivity contribution in [2.24, 2.45) is 0 Å². The van der Waals surface area contributed by atoms with Crippen molar-refractivity contribution in [1.29, 1.82) is 5.26 Å². The van der Waals surface area contributed by atoms with Gasteiger partial charge in [0.25, 0.3) is 10.1 Å². The predicted molar refractivity (Wildman–Crippen MR) is 413 cm³/mol. The van der Waals surface area contributed by atoms with Gasteiger partial charge >= 0.3 is 30.3 Å². The molecule has 0 unspecified atom stereocenters. The molecule has 4 aromatic carbocycles. The van der Waals surface area contributed by atoms with Crippen LogP contribution in [-0.2, 0) is 130 Å². The molecule has 32 heteroatoms. The summed E-state index contributed by atoms with van der Waals surface area (Å²) in [6.45, 7) is 4.69. The number of halogens is 1. The predicted octanol–water partition coefficient (Wildman–Crippen LogP) is 12.9. The third-order valence-electron chi connectivity index (χ3n) is 17.0. The third-order valence-corrected chi connectivity index (χ3v) is 17.6. The zero-order valence-corrected chi connectivity index (χ0v) is 61.3. The molecule has 4 heterocycles. The standard InChI is InChI=1S/C19H23N3O4.C18H20N4O2.C18H23N3O5S.C17H21N3O3.CH3ClO2S.4CH4/c1-2-25-18(23)12-22-17-10-6-9-16(15(17)11-20-22)21-19(24)26-13-14-7-4-3-5-8-14;19-10-5-11-22-17-9-4-8-16(15(17)12-20-22)21-18(23)24-13-14-6-2-1-3-7-14;1-27(23,24)26-11-10-21-17-9-5-8-16(15(17)12-19-21)20-18(22)25-13-14-6-3-2-4-7-14;21-10-9-20-16-8-4-7-15(14(16)11-18-20)19-17(22)23-12-13-5-2-1-3-6-13;1-5(2,3)4;;;;/h3-5,7-8,11,16H,2,6,9-10,12-13H2,1H3,(H,21,24);1-3,6-7,12,16H,4-5,8-9,11,13H2,(H,21,23);2-4,6-7,12,16H,5,8-11,13H2,1H3,(H,20,22);1-3,5-6,11,15,21H,4,7-10,12H2,(H,19,22);1H3;4*1H4/t3*16-;15-;;;;;/m1111...../s1. The fraction of sp³-hybridized carbons (Fsp3) is 0.455. The van der Waals surface area contributed by atoms with Crippen molar-refractivity contribution in [1.82, 2.24) is 60.4 Å². The first-order chi connectivity index (χ1) is 50.6. The van der Waals surface area contributed by atoms with Crippen molar-refractivity contribution in [2.75, 3.05) is 32.3 Å². The smallest absolute Gasteiger partial charge is 0.407 e. The molecule has 594 valence electrons. The molecule has 4 aromatic heterocycles. The lowest BCUT2D eigenvalue weighted by atomic mass is 9.93. The number of nitrogens with zero attached hydrogens (tertiary/aromatic N) is 9. The number of hydrogen-bond donors (Lipinski definition) is 5. The van der Waals surface area contributed by atoms with Gasteiger partial charge in [-0.15, -0.1) is 0 Å². The molecule has 5 N–H and O–H groups in total. The van der Waals surface area contributed by atoms with Crippen LogP contribution in [0, 0.1) is 11.3 Å². The molecular formula is C77H106ClN13O16S2. The number of rotatable bonds is 23. The lowest BCUT2D eigenvalue weighted by Crippen LogP contribution is -2.31. The minimum absolute atomic E-state index is 0. The zero-order valence-electron chi connectivity index (χ0n) is 58.9. The Balaban J connectivity index is 0.000000297. The van der Waals surface area contributed by atoms with E-state index >= 15 is 0 Å². The first kappa shape index (κ1) is 91.3. The maximum Gasteiger partial charge on any atom is 0.407 e. The van der Waals surface area contributed by atoms with Crippen LogP contribution in [0.4, 0.5) is 19.2 Å². The maximum atomic E-state index is 12.1. The van der Waals surface area contributed by atoms with E-state index in [1.165, 1.54) is 0 Å². The maximum absolute atomic E-state index is 12.1. The number of esters is 1. The second-order valence-corrected chi connectivity index (χ2v) is 29.5. The number of aryl methyl sites for hydroxylation is 1. The summed E-state index contributed by atoms with van der Waals surface area (Å²) in [5.74, 6) is -0.309. The molecule has 109 heavy (non-hydrogen) atoms. The van der Waals surface area contributed by atoms with Crippen LogP contribution >= 0.6 is 10.7 Å². The average molecular weight is 1570 g/mol. The zero-order chi connectivity index (χ0) is 75.0. The van der Waals surface area contributed by atoms with Crippen LogP contribution < -0.4 is 21.3 Å². The highest BCUT2D eigenvalue weighted by molar-refractivity contribution is 8.13. The number of amides is 4. The number of aliphatic hydroxyl groups is 1. The number of fused-ring (bicyclic) bond motifs is 4. The lowest BCUT2D eigenvalue weighted by molar-refractivity contribution is -0.144. The van der Waals surface area contributed by atoms with E-state index in [1.54, 1.807) is 41.1 Å². The number of nitrogens with one attached hydrogen (secondary N) is 4. The quantitative estimate of drug-likeness (QED) is 0.0172. The van der Waals surface area contributed by atoms with Gasteiger partial charge in [0, 0.05) is 55.7 Å². The third kappa shape index (κ3) is 30.8. The van der Waals surface area contributed by atoms with E-state index in [9.17, 15) is 40.8 Å². The Bertz CT molecular complexity index is 4340. The first-order valence-electron chi connectivity index (χ1n) is 34.6. The number of alkyl carbamates (subject to hydrolysis) is 4. The molecule has 4 atom stereocenters. The Morgan fingerprint density at radius 3 is 1.05 bits per heavy atom. The van der Waals surface area contributed by atoms with Crippen LogP contribution in [-0.4, -0.2) is 124 Å². The van der Waals surface area contributed by atoms with Crippen molar-refractivity contribution in [2.45, 2.75) is 197 Å². The molecule has 0 bridgehead atoms. The minimum Gasteiger partial charge on any atom is -0.465 e. The van der Waals surface area contributed by atoms with Crippen molar-refractivity contribution in [3.8, 4) is 6.07 Å². The summed E-state index contributed by atoms with van der Waals surface area (Å²) >= 11 is 0. The normalized spacial score (nSPS) is 15.4. The molecular weight excluding hydrogens is 1460 g/mol. The van der Waals surface area contributed by atoms with Gasteiger partial charge in [-0.1, -0.05) is 151 Å². The van der Waals surface area contributed by atoms with E-state index < -0.39 is 43.5 Å². The van der Waals surface area contributed by atoms with Gasteiger partial charge in [-0.3, -0.25) is 27.7 Å². The van der Waals surface area contributed by atoms with E-state index in [4.69, 9.17) is 38.2 Å². The van der Waals surface area contributed by atoms with E-state index in [0.717, 1.165) is 157 Å². The van der Waals surface area contributed by atoms with Gasteiger partial charge in [0.05, 0.1) is 113 Å². The van der Waals surface area contributed by atoms with Crippen molar-refractivity contribution in [3.63, 3.8) is 0 Å². The van der Waals surface area contributed by atoms with Crippen LogP contribution in [0.5, 0.6) is 0 Å². The number of ether oxygens (including phenoxy) is 5. The minimum atomic E-state index is -3.47. The summed E-state index contributed by atoms with van der Waals surface area (Å²) in [5.41, 5.74) is 11.9. The Hall–Kier alpha value is -10.1. The van der Waals surface area contributed by atoms with E-state index in [1.807, 2.05) is 131 Å². The van der Waals surface area contributed by atoms with Gasteiger partial charge in [-0.2, -0.15) is 34.1 Å². The van der Waals surface area contributed by atoms with Crippen LogP contribution in [0.1, 0.15) is 186 Å². The van der Waals surface area contributed by atoms with Crippen molar-refractivity contribution in [3.05, 3.63) is 213 Å². The Morgan fingerprint density at radius 2 is 0.761 bits per heavy atom. The second kappa shape index (κ2) is 46.9. The van der Waals surface area contributed by atoms with E-state index in [-0.39, 0.29) is 106 Å². The monoisotopic (exact) mass is 1570 g/mol. The SMILES string of the molecule is C.C.C.C.CCOC(=O)Cn1ncc2c1CCC[C@H]2NC(=O)OCc1ccccc1.CS(=O)(=O)Cl.CS(=O)(=O)OCCn1ncc2c1CCC[C@H]2NC(=O)OCc1ccccc1.N#CCCn1ncc2c1CCC[C@H]2NC(=O)OCc1ccccc1.O=C(N[C@@H]1CCCc2c1cnn2CCO)OCc1ccccc1. The molecule has 0 saturated carbocycles. The Morgan fingerprint density at radius 1 is 0.477 bits per heavy atom. The summed E-state index contributed by atoms with van der Waals surface area (Å²) in [6.07, 6.45) is 18.3. The number of hydrogen-bond acceptors (Lipinski definition) is 21. The molecule has 0 fully saturated rings. The van der Waals surface area contributed by atoms with Gasteiger partial charge in [-0.25, -0.2) is 27.6 Å². The molecule has 29 nitrogen and oxygen atoms in total. The molecule has 12 rings (SSSR count). The summed E-state index contributed by atoms with van der Waals surface area (Å²) in [4.78, 5) is 60.1. The number of aromatic nitrogens is 8. The molecule has 4 aliphatic rings. The van der Waals surface area contributed by atoms with Gasteiger partial charge in [0.2, 0.25) is 9.05 Å². The summed E-state index contributed by atoms with van der Waals surface area (Å²) in [6, 6.07) is 39.9. The molecule has 0 radical (unpaired) electrons. The van der Waals surface area contributed by atoms with Gasteiger partial charge in [0.1, 0.15) is 33.0 Å². The summed E-state index contributed by atoms with van der Waals surface area (Å²) in [5, 5.41) is 46.7. The molecule has 0 spiro atoms. The average Bonchev–Trinajstić information content (AvgIpc) is 1.70. The summed E-state index contributed by atoms with van der Waals surface area (Å²) < 4.78 is 79.0. The van der Waals surface area contributed by atoms with E-state index in [2.05, 4.69) is 58.4 Å². The van der Waals surface area contributed by atoms with Crippen LogP contribution in [0.15, 0.2) is 146 Å². The fourth-order valence-corrected chi connectivity index (χ4v) is 12.6. The van der Waals surface area contributed by atoms with Crippen molar-refractivity contribution >= 4 is 60.2 Å². The van der Waals surface area contributed by atoms with E-state index in [0.29, 0.717) is 32.7 Å². The number of nitriles is 1. The highest BCUT2D eigenvalue weighted by Crippen LogP contribution is 2.34. The van der Waals surface area contributed by atoms with Crippen LogP contribution in [0.25, 0.3) is 0 Å². The number of carbonyl (C=O) groups is 5. The number of aliphatic hydroxyl groups excluding tert-OH is 1. The topological polar surface area (TPSA) is 372 Å². The van der Waals surface area contributed by atoms with Gasteiger partial charge < -0.3 is 50.1 Å². The largest absolute Gasteiger partial charge is 0.465 e.